The van der Waals surface area contributed by atoms with Crippen LogP contribution < -0.4 is 10.7 Å². The SMILES string of the molecule is Cc1ccc(C23CC4CC(CC(NC(=O)N/N=C/c5cccc([N+](=O)[O-])c5)(C4)C2)C3)cc1. The number of amides is 2. The van der Waals surface area contributed by atoms with Gasteiger partial charge in [0.25, 0.3) is 5.69 Å². The van der Waals surface area contributed by atoms with Gasteiger partial charge in [0, 0.05) is 23.2 Å². The Morgan fingerprint density at radius 3 is 2.53 bits per heavy atom. The number of hydrogen-bond donors (Lipinski definition) is 2. The van der Waals surface area contributed by atoms with E-state index in [-0.39, 0.29) is 22.7 Å². The van der Waals surface area contributed by atoms with E-state index in [1.165, 1.54) is 48.7 Å². The van der Waals surface area contributed by atoms with E-state index in [0.717, 1.165) is 19.3 Å². The molecular formula is C25H28N4O3. The molecule has 6 rings (SSSR count). The van der Waals surface area contributed by atoms with Gasteiger partial charge in [-0.05, 0) is 68.3 Å². The molecule has 0 radical (unpaired) electrons. The lowest BCUT2D eigenvalue weighted by Gasteiger charge is -2.62. The predicted molar refractivity (Wildman–Crippen MR) is 123 cm³/mol. The molecule has 4 saturated carbocycles. The molecule has 0 heterocycles. The van der Waals surface area contributed by atoms with Gasteiger partial charge in [0.1, 0.15) is 0 Å². The van der Waals surface area contributed by atoms with Crippen molar-refractivity contribution in [1.82, 2.24) is 10.7 Å². The molecule has 2 atom stereocenters. The Morgan fingerprint density at radius 1 is 1.12 bits per heavy atom. The van der Waals surface area contributed by atoms with Crippen LogP contribution in [0.2, 0.25) is 0 Å². The normalized spacial score (nSPS) is 30.4. The fraction of sp³-hybridized carbons (Fsp3) is 0.440. The molecule has 7 heteroatoms. The minimum atomic E-state index is -0.450. The second kappa shape index (κ2) is 7.73. The summed E-state index contributed by atoms with van der Waals surface area (Å²) < 4.78 is 0. The van der Waals surface area contributed by atoms with Crippen LogP contribution in [0.5, 0.6) is 0 Å². The maximum Gasteiger partial charge on any atom is 0.335 e. The van der Waals surface area contributed by atoms with Gasteiger partial charge in [-0.15, -0.1) is 0 Å². The molecule has 2 aromatic rings. The first-order chi connectivity index (χ1) is 15.3. The number of hydrogen-bond acceptors (Lipinski definition) is 4. The maximum atomic E-state index is 12.7. The van der Waals surface area contributed by atoms with Crippen LogP contribution in [-0.2, 0) is 5.41 Å². The Kier molecular flexibility index (Phi) is 4.99. The van der Waals surface area contributed by atoms with Crippen LogP contribution >= 0.6 is 0 Å². The van der Waals surface area contributed by atoms with E-state index >= 15 is 0 Å². The van der Waals surface area contributed by atoms with Crippen molar-refractivity contribution in [2.45, 2.75) is 56.4 Å². The fourth-order valence-corrected chi connectivity index (χ4v) is 6.81. The molecule has 0 saturated heterocycles. The topological polar surface area (TPSA) is 96.6 Å². The van der Waals surface area contributed by atoms with Gasteiger partial charge in [-0.2, -0.15) is 5.10 Å². The van der Waals surface area contributed by atoms with Crippen LogP contribution in [0.15, 0.2) is 53.6 Å². The van der Waals surface area contributed by atoms with Gasteiger partial charge in [0.05, 0.1) is 11.1 Å². The summed E-state index contributed by atoms with van der Waals surface area (Å²) in [6.45, 7) is 2.12. The van der Waals surface area contributed by atoms with E-state index in [9.17, 15) is 14.9 Å². The Bertz CT molecular complexity index is 1060. The van der Waals surface area contributed by atoms with E-state index in [0.29, 0.717) is 17.4 Å². The Morgan fingerprint density at radius 2 is 1.84 bits per heavy atom. The fourth-order valence-electron chi connectivity index (χ4n) is 6.81. The first kappa shape index (κ1) is 20.7. The lowest BCUT2D eigenvalue weighted by Crippen LogP contribution is -2.65. The lowest BCUT2D eigenvalue weighted by molar-refractivity contribution is -0.384. The number of carbonyl (C=O) groups excluding carboxylic acids is 1. The highest BCUT2D eigenvalue weighted by Gasteiger charge is 2.58. The van der Waals surface area contributed by atoms with Crippen LogP contribution in [0.1, 0.15) is 55.2 Å². The van der Waals surface area contributed by atoms with E-state index in [4.69, 9.17) is 0 Å². The number of rotatable bonds is 5. The van der Waals surface area contributed by atoms with Gasteiger partial charge in [-0.1, -0.05) is 42.0 Å². The number of nitrogens with zero attached hydrogens (tertiary/aromatic N) is 2. The van der Waals surface area contributed by atoms with Crippen LogP contribution in [0.25, 0.3) is 0 Å². The van der Waals surface area contributed by atoms with Crippen LogP contribution in [0.4, 0.5) is 10.5 Å². The second-order valence-corrected chi connectivity index (χ2v) is 10.1. The van der Waals surface area contributed by atoms with Crippen molar-refractivity contribution in [3.05, 3.63) is 75.3 Å². The van der Waals surface area contributed by atoms with Gasteiger partial charge < -0.3 is 5.32 Å². The molecule has 2 N–H and O–H groups in total. The molecular weight excluding hydrogens is 404 g/mol. The number of non-ortho nitro benzene ring substituents is 1. The van der Waals surface area contributed by atoms with Crippen molar-refractivity contribution in [3.8, 4) is 0 Å². The van der Waals surface area contributed by atoms with Crippen LogP contribution in [0, 0.1) is 28.9 Å². The predicted octanol–water partition coefficient (Wildman–Crippen LogP) is 4.83. The first-order valence-electron chi connectivity index (χ1n) is 11.3. The van der Waals surface area contributed by atoms with Gasteiger partial charge in [-0.25, -0.2) is 10.2 Å². The molecule has 166 valence electrons. The smallest absolute Gasteiger partial charge is 0.331 e. The summed E-state index contributed by atoms with van der Waals surface area (Å²) in [5.74, 6) is 1.29. The highest BCUT2D eigenvalue weighted by molar-refractivity contribution is 5.82. The van der Waals surface area contributed by atoms with E-state index < -0.39 is 4.92 Å². The third-order valence-electron chi connectivity index (χ3n) is 7.56. The zero-order valence-corrected chi connectivity index (χ0v) is 18.2. The van der Waals surface area contributed by atoms with E-state index in [1.54, 1.807) is 12.1 Å². The van der Waals surface area contributed by atoms with Crippen LogP contribution in [-0.4, -0.2) is 22.7 Å². The quantitative estimate of drug-likeness (QED) is 0.402. The zero-order valence-electron chi connectivity index (χ0n) is 18.2. The molecule has 2 amide bonds. The summed E-state index contributed by atoms with van der Waals surface area (Å²) in [6.07, 6.45) is 8.14. The monoisotopic (exact) mass is 432 g/mol. The van der Waals surface area contributed by atoms with Gasteiger partial charge in [0.2, 0.25) is 0 Å². The Hall–Kier alpha value is -3.22. The molecule has 32 heavy (non-hydrogen) atoms. The largest absolute Gasteiger partial charge is 0.335 e. The number of carbonyl (C=O) groups is 1. The average molecular weight is 433 g/mol. The molecule has 4 aliphatic carbocycles. The zero-order chi connectivity index (χ0) is 22.3. The van der Waals surface area contributed by atoms with Crippen molar-refractivity contribution >= 4 is 17.9 Å². The second-order valence-electron chi connectivity index (χ2n) is 10.1. The van der Waals surface area contributed by atoms with Crippen LogP contribution in [0.3, 0.4) is 0 Å². The first-order valence-corrected chi connectivity index (χ1v) is 11.3. The standard InChI is InChI=1S/C25H28N4O3/c1-17-5-7-21(8-6-17)24-11-19-9-20(12-24)14-25(13-19,16-24)27-23(30)28-26-15-18-3-2-4-22(10-18)29(31)32/h2-8,10,15,19-20H,9,11-14,16H2,1H3,(H2,27,28,30)/b26-15+. The van der Waals surface area contributed by atoms with E-state index in [2.05, 4.69) is 47.0 Å². The minimum Gasteiger partial charge on any atom is -0.331 e. The lowest BCUT2D eigenvalue weighted by atomic mass is 9.45. The molecule has 2 unspecified atom stereocenters. The molecule has 0 aromatic heterocycles. The Balaban J connectivity index is 1.29. The summed E-state index contributed by atoms with van der Waals surface area (Å²) >= 11 is 0. The third kappa shape index (κ3) is 3.87. The van der Waals surface area contributed by atoms with Crippen molar-refractivity contribution < 1.29 is 9.72 Å². The summed E-state index contributed by atoms with van der Waals surface area (Å²) in [5, 5.41) is 18.2. The summed E-state index contributed by atoms with van der Waals surface area (Å²) in [6, 6.07) is 14.8. The highest BCUT2D eigenvalue weighted by atomic mass is 16.6. The van der Waals surface area contributed by atoms with Crippen molar-refractivity contribution in [2.24, 2.45) is 16.9 Å². The number of aryl methyl sites for hydroxylation is 1. The number of nitro groups is 1. The van der Waals surface area contributed by atoms with Gasteiger partial charge in [-0.3, -0.25) is 10.1 Å². The molecule has 0 aliphatic heterocycles. The van der Waals surface area contributed by atoms with Gasteiger partial charge in [0.15, 0.2) is 0 Å². The highest BCUT2D eigenvalue weighted by Crippen LogP contribution is 2.62. The Labute approximate surface area is 187 Å². The minimum absolute atomic E-state index is 0.00614. The number of benzene rings is 2. The molecule has 4 fully saturated rings. The van der Waals surface area contributed by atoms with E-state index in [1.807, 2.05) is 0 Å². The average Bonchev–Trinajstić information content (AvgIpc) is 2.73. The molecule has 0 spiro atoms. The summed E-state index contributed by atoms with van der Waals surface area (Å²) in [7, 11) is 0. The summed E-state index contributed by atoms with van der Waals surface area (Å²) in [4.78, 5) is 23.2. The maximum absolute atomic E-state index is 12.7. The van der Waals surface area contributed by atoms with Crippen molar-refractivity contribution in [3.63, 3.8) is 0 Å². The van der Waals surface area contributed by atoms with Gasteiger partial charge >= 0.3 is 6.03 Å². The molecule has 2 aromatic carbocycles. The molecule has 4 aliphatic rings. The van der Waals surface area contributed by atoms with Crippen molar-refractivity contribution in [2.75, 3.05) is 0 Å². The number of nitro benzene ring substituents is 1. The number of nitrogens with one attached hydrogen (secondary N) is 2. The molecule has 4 bridgehead atoms. The van der Waals surface area contributed by atoms with Crippen molar-refractivity contribution in [1.29, 1.82) is 0 Å². The summed E-state index contributed by atoms with van der Waals surface area (Å²) in [5.41, 5.74) is 5.76. The number of urea groups is 1. The third-order valence-corrected chi connectivity index (χ3v) is 7.56. The molecule has 7 nitrogen and oxygen atoms in total. The number of hydrazone groups is 1.